The summed E-state index contributed by atoms with van der Waals surface area (Å²) in [5.41, 5.74) is 2.79. The molecule has 0 saturated carbocycles. The Hall–Kier alpha value is -0.830. The van der Waals surface area contributed by atoms with Gasteiger partial charge in [0.1, 0.15) is 0 Å². The summed E-state index contributed by atoms with van der Waals surface area (Å²) < 4.78 is 0. The van der Waals surface area contributed by atoms with Gasteiger partial charge < -0.3 is 5.11 Å². The minimum atomic E-state index is -0.702. The van der Waals surface area contributed by atoms with Gasteiger partial charge in [0, 0.05) is 4.88 Å². The highest BCUT2D eigenvalue weighted by Crippen LogP contribution is 2.27. The molecule has 3 heteroatoms. The maximum atomic E-state index is 11.2. The maximum absolute atomic E-state index is 11.2. The second-order valence-electron chi connectivity index (χ2n) is 8.22. The lowest BCUT2D eigenvalue weighted by atomic mass is 9.96. The smallest absolute Gasteiger partial charge is 0.308 e. The van der Waals surface area contributed by atoms with Crippen molar-refractivity contribution in [3.8, 4) is 0 Å². The van der Waals surface area contributed by atoms with Gasteiger partial charge in [-0.2, -0.15) is 0 Å². The summed E-state index contributed by atoms with van der Waals surface area (Å²) in [5, 5.41) is 11.4. The fourth-order valence-electron chi connectivity index (χ4n) is 3.34. The fraction of sp³-hybridized carbons (Fsp3) is 0.773. The zero-order valence-corrected chi connectivity index (χ0v) is 17.6. The van der Waals surface area contributed by atoms with Gasteiger partial charge in [0.25, 0.3) is 0 Å². The van der Waals surface area contributed by atoms with Crippen LogP contribution >= 0.6 is 11.3 Å². The van der Waals surface area contributed by atoms with Gasteiger partial charge in [-0.3, -0.25) is 4.79 Å². The molecule has 1 N–H and O–H groups in total. The second-order valence-corrected chi connectivity index (χ2v) is 9.18. The number of carboxylic acids is 1. The molecule has 1 aromatic rings. The molecule has 0 bridgehead atoms. The van der Waals surface area contributed by atoms with Crippen LogP contribution < -0.4 is 0 Å². The number of carbonyl (C=O) groups is 1. The van der Waals surface area contributed by atoms with E-state index in [9.17, 15) is 9.90 Å². The molecule has 0 fully saturated rings. The third kappa shape index (κ3) is 10.0. The van der Waals surface area contributed by atoms with Crippen molar-refractivity contribution in [2.75, 3.05) is 0 Å². The Bertz CT molecular complexity index is 488. The Kier molecular flexibility index (Phi) is 11.1. The number of carboxylic acid groups (broad SMARTS) is 1. The molecule has 0 aliphatic carbocycles. The fourth-order valence-corrected chi connectivity index (χ4v) is 4.46. The molecule has 1 aromatic heterocycles. The van der Waals surface area contributed by atoms with Gasteiger partial charge in [-0.1, -0.05) is 66.2 Å². The average Bonchev–Trinajstić information content (AvgIpc) is 2.87. The van der Waals surface area contributed by atoms with Gasteiger partial charge in [0.05, 0.1) is 6.42 Å². The number of unbranched alkanes of at least 4 members (excludes halogenated alkanes) is 4. The molecule has 144 valence electrons. The molecule has 0 aliphatic heterocycles. The number of aryl methyl sites for hydroxylation is 1. The third-order valence-corrected chi connectivity index (χ3v) is 5.89. The number of hydrogen-bond acceptors (Lipinski definition) is 2. The van der Waals surface area contributed by atoms with Crippen LogP contribution in [0.15, 0.2) is 5.38 Å². The van der Waals surface area contributed by atoms with Crippen molar-refractivity contribution >= 4 is 17.3 Å². The van der Waals surface area contributed by atoms with Gasteiger partial charge in [0.2, 0.25) is 0 Å². The first-order valence-corrected chi connectivity index (χ1v) is 11.1. The predicted octanol–water partition coefficient (Wildman–Crippen LogP) is 6.89. The van der Waals surface area contributed by atoms with Crippen molar-refractivity contribution in [1.29, 1.82) is 0 Å². The molecule has 1 heterocycles. The lowest BCUT2D eigenvalue weighted by Gasteiger charge is -2.09. The minimum Gasteiger partial charge on any atom is -0.481 e. The van der Waals surface area contributed by atoms with Crippen LogP contribution in [0.1, 0.15) is 95.1 Å². The largest absolute Gasteiger partial charge is 0.481 e. The van der Waals surface area contributed by atoms with E-state index in [1.165, 1.54) is 62.5 Å². The van der Waals surface area contributed by atoms with Crippen molar-refractivity contribution in [1.82, 2.24) is 0 Å². The Morgan fingerprint density at radius 3 is 2.00 bits per heavy atom. The molecular weight excluding hydrogens is 328 g/mol. The van der Waals surface area contributed by atoms with E-state index in [2.05, 4.69) is 33.1 Å². The summed E-state index contributed by atoms with van der Waals surface area (Å²) >= 11 is 1.66. The van der Waals surface area contributed by atoms with Crippen molar-refractivity contribution in [3.63, 3.8) is 0 Å². The lowest BCUT2D eigenvalue weighted by molar-refractivity contribution is -0.136. The zero-order chi connectivity index (χ0) is 18.7. The molecule has 0 aromatic carbocycles. The first kappa shape index (κ1) is 22.2. The molecule has 0 unspecified atom stereocenters. The monoisotopic (exact) mass is 366 g/mol. The summed E-state index contributed by atoms with van der Waals surface area (Å²) in [6.07, 6.45) is 12.6. The summed E-state index contributed by atoms with van der Waals surface area (Å²) in [4.78, 5) is 12.2. The van der Waals surface area contributed by atoms with Crippen molar-refractivity contribution < 1.29 is 9.90 Å². The highest BCUT2D eigenvalue weighted by atomic mass is 32.1. The molecule has 1 rings (SSSR count). The van der Waals surface area contributed by atoms with E-state index in [0.717, 1.165) is 29.6 Å². The van der Waals surface area contributed by atoms with E-state index in [0.29, 0.717) is 0 Å². The highest BCUT2D eigenvalue weighted by molar-refractivity contribution is 7.10. The van der Waals surface area contributed by atoms with Gasteiger partial charge in [0.15, 0.2) is 0 Å². The van der Waals surface area contributed by atoms with E-state index < -0.39 is 5.97 Å². The lowest BCUT2D eigenvalue weighted by Crippen LogP contribution is -2.02. The number of thiophene rings is 1. The highest BCUT2D eigenvalue weighted by Gasteiger charge is 2.14. The summed E-state index contributed by atoms with van der Waals surface area (Å²) in [7, 11) is 0. The SMILES string of the molecule is CC(C)CCCCCc1csc(CC(=O)O)c1CCCCCC(C)C. The summed E-state index contributed by atoms with van der Waals surface area (Å²) in [6, 6.07) is 0. The summed E-state index contributed by atoms with van der Waals surface area (Å²) in [5.74, 6) is 0.876. The third-order valence-electron chi connectivity index (χ3n) is 4.82. The number of rotatable bonds is 14. The van der Waals surface area contributed by atoms with Crippen LogP contribution in [-0.4, -0.2) is 11.1 Å². The molecule has 0 atom stereocenters. The summed E-state index contributed by atoms with van der Waals surface area (Å²) in [6.45, 7) is 9.13. The van der Waals surface area contributed by atoms with Crippen LogP contribution in [0.5, 0.6) is 0 Å². The van der Waals surface area contributed by atoms with Gasteiger partial charge in [-0.05, 0) is 54.0 Å². The van der Waals surface area contributed by atoms with Crippen molar-refractivity contribution in [3.05, 3.63) is 21.4 Å². The van der Waals surface area contributed by atoms with Crippen LogP contribution in [0.4, 0.5) is 0 Å². The molecule has 0 amide bonds. The normalized spacial score (nSPS) is 11.6. The van der Waals surface area contributed by atoms with E-state index in [-0.39, 0.29) is 6.42 Å². The van der Waals surface area contributed by atoms with E-state index in [4.69, 9.17) is 0 Å². The molecule has 25 heavy (non-hydrogen) atoms. The van der Waals surface area contributed by atoms with Gasteiger partial charge in [-0.25, -0.2) is 0 Å². The first-order chi connectivity index (χ1) is 11.9. The van der Waals surface area contributed by atoms with Crippen molar-refractivity contribution in [2.45, 2.75) is 98.3 Å². The Morgan fingerprint density at radius 1 is 0.920 bits per heavy atom. The minimum absolute atomic E-state index is 0.194. The second kappa shape index (κ2) is 12.5. The number of aliphatic carboxylic acids is 1. The standard InChI is InChI=1S/C22H38O2S/c1-17(2)11-7-5-9-13-19-16-25-21(15-22(23)24)20(19)14-10-6-8-12-18(3)4/h16-18H,5-15H2,1-4H3,(H,23,24). The molecule has 0 spiro atoms. The Morgan fingerprint density at radius 2 is 1.48 bits per heavy atom. The van der Waals surface area contributed by atoms with Crippen molar-refractivity contribution in [2.24, 2.45) is 11.8 Å². The van der Waals surface area contributed by atoms with Crippen LogP contribution in [0.3, 0.4) is 0 Å². The van der Waals surface area contributed by atoms with Crippen LogP contribution in [0.2, 0.25) is 0 Å². The Balaban J connectivity index is 2.51. The van der Waals surface area contributed by atoms with E-state index in [1.54, 1.807) is 11.3 Å². The average molecular weight is 367 g/mol. The molecular formula is C22H38O2S. The predicted molar refractivity (Wildman–Crippen MR) is 110 cm³/mol. The Labute approximate surface area is 159 Å². The quantitative estimate of drug-likeness (QED) is 0.364. The van der Waals surface area contributed by atoms with Gasteiger partial charge in [-0.15, -0.1) is 11.3 Å². The maximum Gasteiger partial charge on any atom is 0.308 e. The first-order valence-electron chi connectivity index (χ1n) is 10.2. The molecule has 2 nitrogen and oxygen atoms in total. The number of hydrogen-bond donors (Lipinski definition) is 1. The van der Waals surface area contributed by atoms with Gasteiger partial charge >= 0.3 is 5.97 Å². The zero-order valence-electron chi connectivity index (χ0n) is 16.8. The molecule has 0 saturated heterocycles. The van der Waals surface area contributed by atoms with Crippen LogP contribution in [0, 0.1) is 11.8 Å². The molecule has 0 radical (unpaired) electrons. The topological polar surface area (TPSA) is 37.3 Å². The van der Waals surface area contributed by atoms with Crippen LogP contribution in [0.25, 0.3) is 0 Å². The molecule has 0 aliphatic rings. The van der Waals surface area contributed by atoms with E-state index in [1.807, 2.05) is 0 Å². The van der Waals surface area contributed by atoms with E-state index >= 15 is 0 Å². The van der Waals surface area contributed by atoms with Crippen LogP contribution in [-0.2, 0) is 24.1 Å².